The molecule has 45 heavy (non-hydrogen) atoms. The number of nitrogens with zero attached hydrogens (tertiary/aromatic N) is 5. The molecule has 3 aromatic heterocycles. The van der Waals surface area contributed by atoms with Crippen LogP contribution in [0, 0.1) is 0 Å². The molecule has 9 nitrogen and oxygen atoms in total. The van der Waals surface area contributed by atoms with Crippen molar-refractivity contribution in [1.82, 2.24) is 29.7 Å². The Morgan fingerprint density at radius 2 is 1.93 bits per heavy atom. The van der Waals surface area contributed by atoms with Crippen LogP contribution < -0.4 is 10.1 Å². The van der Waals surface area contributed by atoms with Gasteiger partial charge >= 0.3 is 6.03 Å². The number of alkyl halides is 2. The molecule has 5 heterocycles. The van der Waals surface area contributed by atoms with E-state index in [2.05, 4.69) is 45.1 Å². The van der Waals surface area contributed by atoms with Gasteiger partial charge in [-0.15, -0.1) is 0 Å². The zero-order valence-electron chi connectivity index (χ0n) is 25.7. The third-order valence-corrected chi connectivity index (χ3v) is 9.32. The summed E-state index contributed by atoms with van der Waals surface area (Å²) in [5.41, 5.74) is 4.79. The summed E-state index contributed by atoms with van der Waals surface area (Å²) in [5, 5.41) is 3.81. The zero-order valence-corrected chi connectivity index (χ0v) is 25.7. The van der Waals surface area contributed by atoms with Gasteiger partial charge in [0.15, 0.2) is 0 Å². The number of amides is 2. The van der Waals surface area contributed by atoms with Crippen molar-refractivity contribution in [1.29, 1.82) is 0 Å². The fraction of sp³-hybridized carbons (Fsp3) is 0.441. The van der Waals surface area contributed by atoms with E-state index in [1.807, 2.05) is 12.1 Å². The minimum atomic E-state index is -2.63. The first-order chi connectivity index (χ1) is 21.8. The van der Waals surface area contributed by atoms with E-state index >= 15 is 0 Å². The monoisotopic (exact) mass is 615 g/mol. The molecule has 4 aromatic rings. The summed E-state index contributed by atoms with van der Waals surface area (Å²) in [4.78, 5) is 32.3. The number of aromatic amines is 1. The van der Waals surface area contributed by atoms with Crippen LogP contribution in [0.25, 0.3) is 11.0 Å². The molecule has 1 aliphatic carbocycles. The smallest absolute Gasteiger partial charge is 0.322 e. The molecule has 1 atom stereocenters. The van der Waals surface area contributed by atoms with Gasteiger partial charge in [-0.3, -0.25) is 9.88 Å². The highest BCUT2D eigenvalue weighted by Gasteiger charge is 2.30. The van der Waals surface area contributed by atoms with E-state index in [9.17, 15) is 13.6 Å². The van der Waals surface area contributed by atoms with Gasteiger partial charge in [0.2, 0.25) is 0 Å². The Morgan fingerprint density at radius 1 is 1.11 bits per heavy atom. The number of rotatable bonds is 8. The Bertz CT molecular complexity index is 1700. The van der Waals surface area contributed by atoms with Crippen LogP contribution in [0.4, 0.5) is 19.3 Å². The number of carbonyl (C=O) groups is 1. The number of carbonyl (C=O) groups excluding carboxylic acids is 1. The van der Waals surface area contributed by atoms with Crippen LogP contribution in [0.3, 0.4) is 0 Å². The van der Waals surface area contributed by atoms with Crippen LogP contribution in [0.2, 0.25) is 0 Å². The molecule has 1 saturated carbocycles. The van der Waals surface area contributed by atoms with Gasteiger partial charge < -0.3 is 24.8 Å². The van der Waals surface area contributed by atoms with Crippen LogP contribution in [0.5, 0.6) is 11.5 Å². The Kier molecular flexibility index (Phi) is 8.14. The molecular weight excluding hydrogens is 576 g/mol. The summed E-state index contributed by atoms with van der Waals surface area (Å²) in [6.07, 6.45) is 4.03. The SMILES string of the molecule is CC[C@@H]1CN(C(=O)Nc2ccc(CN3CCN(C)CC3)c(C(F)F)c2)Cc2cc(Oc3ccnc4[nH]c(C5CC5)cc34)cnc21. The molecule has 1 saturated heterocycles. The van der Waals surface area contributed by atoms with E-state index in [1.165, 1.54) is 24.6 Å². The van der Waals surface area contributed by atoms with Crippen molar-refractivity contribution in [2.24, 2.45) is 0 Å². The second-order valence-corrected chi connectivity index (χ2v) is 12.6. The Labute approximate surface area is 261 Å². The number of benzene rings is 1. The lowest BCUT2D eigenvalue weighted by Crippen LogP contribution is -2.44. The summed E-state index contributed by atoms with van der Waals surface area (Å²) >= 11 is 0. The Hall–Kier alpha value is -4.09. The van der Waals surface area contributed by atoms with Crippen molar-refractivity contribution in [3.63, 3.8) is 0 Å². The molecule has 236 valence electrons. The number of nitrogens with one attached hydrogen (secondary N) is 2. The lowest BCUT2D eigenvalue weighted by molar-refractivity contribution is 0.136. The highest BCUT2D eigenvalue weighted by molar-refractivity contribution is 5.89. The third-order valence-electron chi connectivity index (χ3n) is 9.32. The second kappa shape index (κ2) is 12.4. The van der Waals surface area contributed by atoms with E-state index in [0.29, 0.717) is 48.3 Å². The maximum Gasteiger partial charge on any atom is 0.322 e. The number of piperazine rings is 1. The molecule has 1 aromatic carbocycles. The highest BCUT2D eigenvalue weighted by atomic mass is 19.3. The summed E-state index contributed by atoms with van der Waals surface area (Å²) < 4.78 is 34.6. The molecular formula is C34H39F2N7O2. The number of likely N-dealkylation sites (N-methyl/N-ethyl adjacent to an activating group) is 1. The number of hydrogen-bond acceptors (Lipinski definition) is 6. The molecule has 0 bridgehead atoms. The van der Waals surface area contributed by atoms with E-state index in [-0.39, 0.29) is 17.5 Å². The van der Waals surface area contributed by atoms with E-state index in [1.54, 1.807) is 29.4 Å². The number of pyridine rings is 2. The zero-order chi connectivity index (χ0) is 31.1. The molecule has 0 unspecified atom stereocenters. The number of urea groups is 1. The first-order valence-corrected chi connectivity index (χ1v) is 15.9. The average molecular weight is 616 g/mol. The number of halogens is 2. The van der Waals surface area contributed by atoms with Crippen molar-refractivity contribution in [2.75, 3.05) is 45.1 Å². The van der Waals surface area contributed by atoms with E-state index in [0.717, 1.165) is 54.9 Å². The van der Waals surface area contributed by atoms with Crippen molar-refractivity contribution < 1.29 is 18.3 Å². The molecule has 2 amide bonds. The van der Waals surface area contributed by atoms with Crippen molar-refractivity contribution in [3.8, 4) is 11.5 Å². The lowest BCUT2D eigenvalue weighted by Gasteiger charge is -2.34. The van der Waals surface area contributed by atoms with Gasteiger partial charge in [-0.05, 0) is 73.7 Å². The van der Waals surface area contributed by atoms with Crippen LogP contribution in [-0.4, -0.2) is 75.5 Å². The summed E-state index contributed by atoms with van der Waals surface area (Å²) in [6.45, 7) is 6.89. The van der Waals surface area contributed by atoms with Crippen LogP contribution >= 0.6 is 0 Å². The van der Waals surface area contributed by atoms with Gasteiger partial charge in [0, 0.05) is 74.9 Å². The van der Waals surface area contributed by atoms with Crippen molar-refractivity contribution in [2.45, 2.75) is 57.5 Å². The van der Waals surface area contributed by atoms with Crippen molar-refractivity contribution in [3.05, 3.63) is 76.9 Å². The van der Waals surface area contributed by atoms with E-state index in [4.69, 9.17) is 9.72 Å². The predicted molar refractivity (Wildman–Crippen MR) is 169 cm³/mol. The predicted octanol–water partition coefficient (Wildman–Crippen LogP) is 6.85. The molecule has 2 aliphatic heterocycles. The number of anilines is 1. The fourth-order valence-corrected chi connectivity index (χ4v) is 6.47. The van der Waals surface area contributed by atoms with Gasteiger partial charge in [-0.1, -0.05) is 13.0 Å². The second-order valence-electron chi connectivity index (χ2n) is 12.6. The van der Waals surface area contributed by atoms with Crippen LogP contribution in [0.15, 0.2) is 48.8 Å². The molecule has 3 aliphatic rings. The number of ether oxygens (including phenoxy) is 1. The molecule has 2 N–H and O–H groups in total. The molecule has 0 radical (unpaired) electrons. The first kappa shape index (κ1) is 29.6. The standard InChI is InChI=1S/C34H39F2N7O2/c1-3-21-19-43(34(44)39-25-7-6-23(27(15-25)32(35)36)18-42-12-10-41(2)11-13-42)20-24-14-26(17-38-31(21)24)45-30-8-9-37-33-28(30)16-29(40-33)22-4-5-22/h6-9,14-17,21-22,32H,3-5,10-13,18-20H2,1-2H3,(H,37,40)(H,39,44)/t21-/m1/s1. The molecule has 0 spiro atoms. The third kappa shape index (κ3) is 6.37. The maximum absolute atomic E-state index is 14.1. The van der Waals surface area contributed by atoms with Crippen LogP contribution in [0.1, 0.15) is 72.5 Å². The van der Waals surface area contributed by atoms with Gasteiger partial charge in [0.05, 0.1) is 17.3 Å². The normalized spacial score (nSPS) is 19.2. The maximum atomic E-state index is 14.1. The lowest BCUT2D eigenvalue weighted by atomic mass is 9.92. The van der Waals surface area contributed by atoms with Gasteiger partial charge in [0.1, 0.15) is 17.1 Å². The van der Waals surface area contributed by atoms with Crippen LogP contribution in [-0.2, 0) is 13.1 Å². The summed E-state index contributed by atoms with van der Waals surface area (Å²) in [6, 6.07) is 10.5. The Morgan fingerprint density at radius 3 is 2.69 bits per heavy atom. The van der Waals surface area contributed by atoms with Gasteiger partial charge in [-0.25, -0.2) is 18.6 Å². The largest absolute Gasteiger partial charge is 0.455 e. The number of H-pyrrole nitrogens is 1. The number of fused-ring (bicyclic) bond motifs is 2. The number of hydrogen-bond donors (Lipinski definition) is 2. The molecule has 11 heteroatoms. The topological polar surface area (TPSA) is 89.6 Å². The number of aromatic nitrogens is 3. The quantitative estimate of drug-likeness (QED) is 0.225. The minimum Gasteiger partial charge on any atom is -0.455 e. The van der Waals surface area contributed by atoms with Gasteiger partial charge in [-0.2, -0.15) is 0 Å². The first-order valence-electron chi connectivity index (χ1n) is 15.9. The summed E-state index contributed by atoms with van der Waals surface area (Å²) in [5.74, 6) is 1.91. The molecule has 7 rings (SSSR count). The van der Waals surface area contributed by atoms with Crippen molar-refractivity contribution >= 4 is 22.8 Å². The van der Waals surface area contributed by atoms with E-state index < -0.39 is 6.43 Å². The fourth-order valence-electron chi connectivity index (χ4n) is 6.47. The minimum absolute atomic E-state index is 0.0370. The molecule has 2 fully saturated rings. The summed E-state index contributed by atoms with van der Waals surface area (Å²) in [7, 11) is 2.07. The Balaban J connectivity index is 1.06. The average Bonchev–Trinajstić information content (AvgIpc) is 3.80. The van der Waals surface area contributed by atoms with Gasteiger partial charge in [0.25, 0.3) is 6.43 Å². The highest BCUT2D eigenvalue weighted by Crippen LogP contribution is 2.42.